The first-order valence-electron chi connectivity index (χ1n) is 6.91. The highest BCUT2D eigenvalue weighted by Gasteiger charge is 2.15. The maximum Gasteiger partial charge on any atom is 0.265 e. The van der Waals surface area contributed by atoms with E-state index in [1.165, 1.54) is 17.8 Å². The molecule has 3 rings (SSSR count). The number of hydrogen-bond acceptors (Lipinski definition) is 4. The van der Waals surface area contributed by atoms with Crippen LogP contribution < -0.4 is 5.32 Å². The summed E-state index contributed by atoms with van der Waals surface area (Å²) in [6.07, 6.45) is 7.10. The SMILES string of the molecule is O=C(Nc1cnn(CC2CCCCO2)c1)c1ccc(Cl)s1. The summed E-state index contributed by atoms with van der Waals surface area (Å²) in [6.45, 7) is 1.55. The summed E-state index contributed by atoms with van der Waals surface area (Å²) in [4.78, 5) is 12.6. The summed E-state index contributed by atoms with van der Waals surface area (Å²) in [5.74, 6) is -0.166. The molecule has 21 heavy (non-hydrogen) atoms. The first-order chi connectivity index (χ1) is 10.2. The van der Waals surface area contributed by atoms with Crippen molar-refractivity contribution in [1.29, 1.82) is 0 Å². The first kappa shape index (κ1) is 14.6. The van der Waals surface area contributed by atoms with Gasteiger partial charge in [-0.05, 0) is 31.4 Å². The van der Waals surface area contributed by atoms with Gasteiger partial charge in [-0.25, -0.2) is 0 Å². The van der Waals surface area contributed by atoms with Crippen molar-refractivity contribution in [2.75, 3.05) is 11.9 Å². The molecule has 3 heterocycles. The van der Waals surface area contributed by atoms with Gasteiger partial charge in [0.15, 0.2) is 0 Å². The highest BCUT2D eigenvalue weighted by molar-refractivity contribution is 7.18. The summed E-state index contributed by atoms with van der Waals surface area (Å²) >= 11 is 7.08. The van der Waals surface area contributed by atoms with Crippen molar-refractivity contribution in [3.63, 3.8) is 0 Å². The molecule has 0 bridgehead atoms. The molecule has 1 atom stereocenters. The van der Waals surface area contributed by atoms with Crippen LogP contribution in [0.4, 0.5) is 5.69 Å². The van der Waals surface area contributed by atoms with Crippen molar-refractivity contribution in [2.45, 2.75) is 31.9 Å². The lowest BCUT2D eigenvalue weighted by molar-refractivity contribution is 0.00401. The molecule has 7 heteroatoms. The fourth-order valence-corrected chi connectivity index (χ4v) is 3.26. The van der Waals surface area contributed by atoms with Crippen molar-refractivity contribution in [3.8, 4) is 0 Å². The van der Waals surface area contributed by atoms with Crippen LogP contribution in [0.15, 0.2) is 24.5 Å². The topological polar surface area (TPSA) is 56.2 Å². The van der Waals surface area contributed by atoms with Gasteiger partial charge in [-0.1, -0.05) is 11.6 Å². The smallest absolute Gasteiger partial charge is 0.265 e. The second-order valence-electron chi connectivity index (χ2n) is 5.00. The second kappa shape index (κ2) is 6.60. The third-order valence-corrected chi connectivity index (χ3v) is 4.58. The minimum atomic E-state index is -0.166. The van der Waals surface area contributed by atoms with Crippen LogP contribution in [0.5, 0.6) is 0 Å². The third-order valence-electron chi connectivity index (χ3n) is 3.35. The number of hydrogen-bond donors (Lipinski definition) is 1. The fourth-order valence-electron chi connectivity index (χ4n) is 2.32. The van der Waals surface area contributed by atoms with E-state index in [1.807, 2.05) is 10.9 Å². The molecule has 1 unspecified atom stereocenters. The molecule has 5 nitrogen and oxygen atoms in total. The molecule has 0 spiro atoms. The van der Waals surface area contributed by atoms with Gasteiger partial charge in [0.05, 0.1) is 33.7 Å². The van der Waals surface area contributed by atoms with Gasteiger partial charge in [0.1, 0.15) is 0 Å². The van der Waals surface area contributed by atoms with Gasteiger partial charge in [-0.2, -0.15) is 5.10 Å². The predicted molar refractivity (Wildman–Crippen MR) is 83.1 cm³/mol. The van der Waals surface area contributed by atoms with E-state index in [0.717, 1.165) is 26.0 Å². The average molecular weight is 326 g/mol. The molecular weight excluding hydrogens is 310 g/mol. The lowest BCUT2D eigenvalue weighted by Crippen LogP contribution is -2.24. The minimum Gasteiger partial charge on any atom is -0.376 e. The van der Waals surface area contributed by atoms with Crippen molar-refractivity contribution < 1.29 is 9.53 Å². The van der Waals surface area contributed by atoms with Crippen molar-refractivity contribution >= 4 is 34.5 Å². The van der Waals surface area contributed by atoms with E-state index in [1.54, 1.807) is 18.3 Å². The van der Waals surface area contributed by atoms with Gasteiger partial charge >= 0.3 is 0 Å². The maximum atomic E-state index is 12.0. The van der Waals surface area contributed by atoms with E-state index in [9.17, 15) is 4.79 Å². The van der Waals surface area contributed by atoms with E-state index >= 15 is 0 Å². The zero-order chi connectivity index (χ0) is 14.7. The number of nitrogens with one attached hydrogen (secondary N) is 1. The van der Waals surface area contributed by atoms with E-state index in [-0.39, 0.29) is 12.0 Å². The Morgan fingerprint density at radius 2 is 2.43 bits per heavy atom. The molecule has 2 aromatic heterocycles. The van der Waals surface area contributed by atoms with E-state index in [2.05, 4.69) is 10.4 Å². The third kappa shape index (κ3) is 3.84. The Bertz CT molecular complexity index is 619. The lowest BCUT2D eigenvalue weighted by atomic mass is 10.1. The molecule has 1 aliphatic rings. The fraction of sp³-hybridized carbons (Fsp3) is 0.429. The summed E-state index contributed by atoms with van der Waals surface area (Å²) < 4.78 is 8.10. The Kier molecular flexibility index (Phi) is 4.57. The zero-order valence-electron chi connectivity index (χ0n) is 11.4. The molecule has 1 aliphatic heterocycles. The first-order valence-corrected chi connectivity index (χ1v) is 8.11. The van der Waals surface area contributed by atoms with Gasteiger partial charge in [0, 0.05) is 12.8 Å². The number of thiophene rings is 1. The number of halogens is 1. The Morgan fingerprint density at radius 1 is 1.52 bits per heavy atom. The van der Waals surface area contributed by atoms with Crippen LogP contribution >= 0.6 is 22.9 Å². The summed E-state index contributed by atoms with van der Waals surface area (Å²) in [5, 5.41) is 7.08. The summed E-state index contributed by atoms with van der Waals surface area (Å²) in [5.41, 5.74) is 0.681. The van der Waals surface area contributed by atoms with Crippen LogP contribution in [0.1, 0.15) is 28.9 Å². The molecule has 112 valence electrons. The molecule has 1 amide bonds. The van der Waals surface area contributed by atoms with Crippen molar-refractivity contribution in [2.24, 2.45) is 0 Å². The molecule has 2 aromatic rings. The molecule has 0 radical (unpaired) electrons. The quantitative estimate of drug-likeness (QED) is 0.937. The van der Waals surface area contributed by atoms with Crippen LogP contribution in [0.3, 0.4) is 0 Å². The zero-order valence-corrected chi connectivity index (χ0v) is 13.0. The summed E-state index contributed by atoms with van der Waals surface area (Å²) in [7, 11) is 0. The number of amides is 1. The van der Waals surface area contributed by atoms with Crippen molar-refractivity contribution in [1.82, 2.24) is 9.78 Å². The number of carbonyl (C=O) groups excluding carboxylic acids is 1. The Labute approximate surface area is 131 Å². The molecule has 1 saturated heterocycles. The summed E-state index contributed by atoms with van der Waals surface area (Å²) in [6, 6.07) is 3.42. The van der Waals surface area contributed by atoms with Gasteiger partial charge in [-0.3, -0.25) is 9.48 Å². The molecule has 0 saturated carbocycles. The van der Waals surface area contributed by atoms with Crippen molar-refractivity contribution in [3.05, 3.63) is 33.7 Å². The largest absolute Gasteiger partial charge is 0.376 e. The lowest BCUT2D eigenvalue weighted by Gasteiger charge is -2.22. The molecular formula is C14H16ClN3O2S. The monoisotopic (exact) mass is 325 g/mol. The normalized spacial score (nSPS) is 18.6. The van der Waals surface area contributed by atoms with E-state index < -0.39 is 0 Å². The van der Waals surface area contributed by atoms with Crippen LogP contribution in [-0.2, 0) is 11.3 Å². The number of rotatable bonds is 4. The van der Waals surface area contributed by atoms with Gasteiger partial charge < -0.3 is 10.1 Å². The number of anilines is 1. The Hall–Kier alpha value is -1.37. The van der Waals surface area contributed by atoms with Crippen LogP contribution in [0.25, 0.3) is 0 Å². The van der Waals surface area contributed by atoms with Gasteiger partial charge in [0.25, 0.3) is 5.91 Å². The highest BCUT2D eigenvalue weighted by Crippen LogP contribution is 2.22. The van der Waals surface area contributed by atoms with Gasteiger partial charge in [0.2, 0.25) is 0 Å². The van der Waals surface area contributed by atoms with E-state index in [4.69, 9.17) is 16.3 Å². The Balaban J connectivity index is 1.58. The van der Waals surface area contributed by atoms with Crippen LogP contribution in [0, 0.1) is 0 Å². The minimum absolute atomic E-state index is 0.166. The maximum absolute atomic E-state index is 12.0. The van der Waals surface area contributed by atoms with Gasteiger partial charge in [-0.15, -0.1) is 11.3 Å². The molecule has 0 aliphatic carbocycles. The van der Waals surface area contributed by atoms with E-state index in [0.29, 0.717) is 14.9 Å². The predicted octanol–water partition coefficient (Wildman–Crippen LogP) is 3.42. The second-order valence-corrected chi connectivity index (χ2v) is 6.71. The van der Waals surface area contributed by atoms with Crippen LogP contribution in [0.2, 0.25) is 4.34 Å². The standard InChI is InChI=1S/C14H16ClN3O2S/c15-13-5-4-12(21-13)14(19)17-10-7-16-18(8-10)9-11-3-1-2-6-20-11/h4-5,7-8,11H,1-3,6,9H2,(H,17,19). The number of aromatic nitrogens is 2. The number of ether oxygens (including phenoxy) is 1. The molecule has 1 N–H and O–H groups in total. The molecule has 0 aromatic carbocycles. The average Bonchev–Trinajstić information content (AvgIpc) is 3.09. The molecule has 1 fully saturated rings. The Morgan fingerprint density at radius 3 is 3.14 bits per heavy atom. The highest BCUT2D eigenvalue weighted by atomic mass is 35.5. The van der Waals surface area contributed by atoms with Crippen LogP contribution in [-0.4, -0.2) is 28.4 Å². The number of nitrogens with zero attached hydrogens (tertiary/aromatic N) is 2. The number of carbonyl (C=O) groups is 1.